The topological polar surface area (TPSA) is 110 Å². The van der Waals surface area contributed by atoms with Crippen molar-refractivity contribution in [3.63, 3.8) is 0 Å². The number of ether oxygens (including phenoxy) is 4. The predicted molar refractivity (Wildman–Crippen MR) is 225 cm³/mol. The number of methoxy groups -OCH3 is 4. The second-order valence-corrected chi connectivity index (χ2v) is 13.4. The van der Waals surface area contributed by atoms with Crippen molar-refractivity contribution in [2.24, 2.45) is 20.0 Å². The van der Waals surface area contributed by atoms with Gasteiger partial charge in [0.1, 0.15) is 23.0 Å². The van der Waals surface area contributed by atoms with E-state index in [9.17, 15) is 0 Å². The molecule has 9 heteroatoms. The number of nitrogens with zero attached hydrogens (tertiary/aromatic N) is 5. The van der Waals surface area contributed by atoms with Crippen LogP contribution in [-0.2, 0) is 11.3 Å². The molecule has 0 N–H and O–H groups in total. The maximum Gasteiger partial charge on any atom is 0.227 e. The smallest absolute Gasteiger partial charge is 0.227 e. The number of rotatable bonds is 8. The average molecular weight is 750 g/mol. The Morgan fingerprint density at radius 3 is 0.842 bits per heavy atom. The van der Waals surface area contributed by atoms with Gasteiger partial charge in [-0.1, -0.05) is 48.5 Å². The molecule has 6 aromatic carbocycles. The second kappa shape index (κ2) is 15.1. The molecule has 0 aromatic heterocycles. The first kappa shape index (κ1) is 36.7. The first-order chi connectivity index (χ1) is 27.9. The molecule has 0 bridgehead atoms. The summed E-state index contributed by atoms with van der Waals surface area (Å²) in [7, 11) is 6.66. The third-order valence-corrected chi connectivity index (χ3v) is 10.4. The lowest BCUT2D eigenvalue weighted by Gasteiger charge is -2.43. The number of benzene rings is 6. The molecule has 0 unspecified atom stereocenters. The molecule has 0 radical (unpaired) electrons. The van der Waals surface area contributed by atoms with Crippen LogP contribution < -0.4 is 18.9 Å². The molecule has 6 aromatic rings. The van der Waals surface area contributed by atoms with Crippen LogP contribution in [-0.4, -0.2) is 51.3 Å². The van der Waals surface area contributed by atoms with Gasteiger partial charge in [0.25, 0.3) is 0 Å². The first-order valence-corrected chi connectivity index (χ1v) is 18.4. The monoisotopic (exact) mass is 749 g/mol. The van der Waals surface area contributed by atoms with Crippen LogP contribution in [0.4, 0.5) is 0 Å². The summed E-state index contributed by atoms with van der Waals surface area (Å²) in [4.78, 5) is 23.1. The summed E-state index contributed by atoms with van der Waals surface area (Å²) in [6.07, 6.45) is 0. The van der Waals surface area contributed by atoms with Gasteiger partial charge in [0.2, 0.25) is 11.3 Å². The second-order valence-electron chi connectivity index (χ2n) is 13.4. The minimum absolute atomic E-state index is 0.727. The zero-order valence-electron chi connectivity index (χ0n) is 32.2. The summed E-state index contributed by atoms with van der Waals surface area (Å²) < 4.78 is 22.2. The molecule has 0 amide bonds. The molecule has 9 rings (SSSR count). The normalized spacial score (nSPS) is 15.1. The van der Waals surface area contributed by atoms with Crippen molar-refractivity contribution in [3.8, 4) is 40.2 Å². The van der Waals surface area contributed by atoms with Crippen molar-refractivity contribution in [1.29, 1.82) is 5.26 Å². The van der Waals surface area contributed by atoms with E-state index in [0.29, 0.717) is 0 Å². The molecular weight excluding hydrogens is 711 g/mol. The maximum absolute atomic E-state index is 7.32. The molecule has 0 saturated carbocycles. The highest BCUT2D eigenvalue weighted by Gasteiger charge is 2.63. The van der Waals surface area contributed by atoms with Gasteiger partial charge in [-0.25, -0.2) is 20.0 Å². The summed E-state index contributed by atoms with van der Waals surface area (Å²) in [5, 5.41) is 7.32. The lowest BCUT2D eigenvalue weighted by molar-refractivity contribution is 0.253. The number of nitriles is 1. The molecule has 1 aliphatic carbocycles. The highest BCUT2D eigenvalue weighted by molar-refractivity contribution is 6.56. The molecule has 57 heavy (non-hydrogen) atoms. The molecule has 280 valence electrons. The molecule has 0 atom stereocenters. The summed E-state index contributed by atoms with van der Waals surface area (Å²) >= 11 is 0. The molecule has 0 fully saturated rings. The Hall–Kier alpha value is -7.31. The van der Waals surface area contributed by atoms with Crippen molar-refractivity contribution >= 4 is 22.8 Å². The lowest BCUT2D eigenvalue weighted by Crippen LogP contribution is -2.46. The molecule has 2 heterocycles. The van der Waals surface area contributed by atoms with Crippen LogP contribution in [0.15, 0.2) is 166 Å². The fourth-order valence-electron chi connectivity index (χ4n) is 7.68. The number of hydrogen-bond acceptors (Lipinski definition) is 9. The average Bonchev–Trinajstić information content (AvgIpc) is 3.89. The van der Waals surface area contributed by atoms with Gasteiger partial charge in [-0.3, -0.25) is 0 Å². The fourth-order valence-corrected chi connectivity index (χ4v) is 7.68. The van der Waals surface area contributed by atoms with E-state index < -0.39 is 11.3 Å². The Bertz CT molecular complexity index is 2310. The van der Waals surface area contributed by atoms with Crippen molar-refractivity contribution in [2.45, 2.75) is 18.2 Å². The zero-order chi connectivity index (χ0) is 39.6. The van der Waals surface area contributed by atoms with E-state index in [2.05, 4.69) is 36.4 Å². The minimum Gasteiger partial charge on any atom is -0.497 e. The van der Waals surface area contributed by atoms with Crippen LogP contribution >= 0.6 is 0 Å². The van der Waals surface area contributed by atoms with Crippen LogP contribution in [0.25, 0.3) is 11.1 Å². The summed E-state index contributed by atoms with van der Waals surface area (Å²) in [5.74, 6) is 3.01. The maximum atomic E-state index is 7.32. The highest BCUT2D eigenvalue weighted by atomic mass is 16.5. The third-order valence-electron chi connectivity index (χ3n) is 10.4. The third kappa shape index (κ3) is 6.12. The Morgan fingerprint density at radius 1 is 0.386 bits per heavy atom. The largest absolute Gasteiger partial charge is 0.497 e. The summed E-state index contributed by atoms with van der Waals surface area (Å²) in [5.41, 5.74) is 7.70. The number of fused-ring (bicyclic) bond motifs is 6. The Morgan fingerprint density at radius 2 is 0.614 bits per heavy atom. The summed E-state index contributed by atoms with van der Waals surface area (Å²) in [6, 6.07) is 50.3. The lowest BCUT2D eigenvalue weighted by atomic mass is 9.71. The van der Waals surface area contributed by atoms with Gasteiger partial charge < -0.3 is 18.9 Å². The molecule has 0 saturated heterocycles. The standard InChI is InChI=1S/C46H36N4O4.C2H3N/c1-51-33-21-13-29(14-22-33)41-42(30-15-23-34(52-2)24-16-30)48-45(47-41)39-11-7-5-9-37(39)38-10-6-8-12-40(38)46(45)49-43(31-17-25-35(53-3)26-18-31)44(50-46)32-19-27-36(54-4)28-20-32;1-2-3/h5-28H,1-4H3;1H3. The van der Waals surface area contributed by atoms with Gasteiger partial charge in [-0.05, 0) is 108 Å². The molecule has 3 aliphatic rings. The molecule has 2 spiro atoms. The van der Waals surface area contributed by atoms with E-state index in [0.717, 1.165) is 90.4 Å². The quantitative estimate of drug-likeness (QED) is 0.154. The van der Waals surface area contributed by atoms with Gasteiger partial charge in [-0.15, -0.1) is 0 Å². The van der Waals surface area contributed by atoms with E-state index in [1.54, 1.807) is 34.5 Å². The van der Waals surface area contributed by atoms with Crippen LogP contribution in [0.5, 0.6) is 23.0 Å². The highest BCUT2D eigenvalue weighted by Crippen LogP contribution is 2.61. The number of hydrogen-bond donors (Lipinski definition) is 0. The number of aliphatic imine (C=N–C) groups is 4. The molecular formula is C48H39N5O4. The van der Waals surface area contributed by atoms with E-state index in [-0.39, 0.29) is 0 Å². The zero-order valence-corrected chi connectivity index (χ0v) is 32.2. The van der Waals surface area contributed by atoms with Crippen LogP contribution in [0.1, 0.15) is 40.3 Å². The van der Waals surface area contributed by atoms with Gasteiger partial charge in [0, 0.05) is 40.3 Å². The summed E-state index contributed by atoms with van der Waals surface area (Å²) in [6.45, 7) is 1.43. The van der Waals surface area contributed by atoms with Crippen molar-refractivity contribution in [3.05, 3.63) is 179 Å². The molecule has 9 nitrogen and oxygen atoms in total. The Balaban J connectivity index is 0.00000147. The van der Waals surface area contributed by atoms with Crippen molar-refractivity contribution in [2.75, 3.05) is 28.4 Å². The fraction of sp³-hybridized carbons (Fsp3) is 0.146. The van der Waals surface area contributed by atoms with E-state index in [1.807, 2.05) is 109 Å². The van der Waals surface area contributed by atoms with Gasteiger partial charge in [-0.2, -0.15) is 5.26 Å². The van der Waals surface area contributed by atoms with Gasteiger partial charge >= 0.3 is 0 Å². The Kier molecular flexibility index (Phi) is 9.70. The Labute approximate surface area is 332 Å². The van der Waals surface area contributed by atoms with Crippen molar-refractivity contribution < 1.29 is 18.9 Å². The minimum atomic E-state index is -1.34. The van der Waals surface area contributed by atoms with E-state index >= 15 is 0 Å². The first-order valence-electron chi connectivity index (χ1n) is 18.4. The molecule has 2 aliphatic heterocycles. The van der Waals surface area contributed by atoms with Crippen LogP contribution in [0.2, 0.25) is 0 Å². The van der Waals surface area contributed by atoms with Crippen LogP contribution in [0.3, 0.4) is 0 Å². The SMILES string of the molecule is CC#N.COc1ccc(C2=NC3(N=C2c2ccc(OC)cc2)c2ccccc2-c2ccccc2C32N=C(c3ccc(OC)cc3)C(c3ccc(OC)cc3)=N2)cc1. The predicted octanol–water partition coefficient (Wildman–Crippen LogP) is 9.22. The van der Waals surface area contributed by atoms with E-state index in [1.165, 1.54) is 6.92 Å². The van der Waals surface area contributed by atoms with Crippen molar-refractivity contribution in [1.82, 2.24) is 0 Å². The van der Waals surface area contributed by atoms with Crippen LogP contribution in [0, 0.1) is 11.3 Å². The van der Waals surface area contributed by atoms with Gasteiger partial charge in [0.05, 0.1) is 57.4 Å². The van der Waals surface area contributed by atoms with Gasteiger partial charge in [0.15, 0.2) is 0 Å². The van der Waals surface area contributed by atoms with E-state index in [4.69, 9.17) is 44.2 Å².